The molecule has 1 aliphatic rings. The van der Waals surface area contributed by atoms with Gasteiger partial charge in [-0.2, -0.15) is 5.10 Å². The first-order valence-corrected chi connectivity index (χ1v) is 3.10. The summed E-state index contributed by atoms with van der Waals surface area (Å²) in [5.74, 6) is 0. The number of hydrogen-bond acceptors (Lipinski definition) is 1. The lowest BCUT2D eigenvalue weighted by Crippen LogP contribution is -2.16. The van der Waals surface area contributed by atoms with Gasteiger partial charge in [-0.1, -0.05) is 0 Å². The first-order valence-electron chi connectivity index (χ1n) is 3.10. The Bertz CT molecular complexity index is 201. The van der Waals surface area contributed by atoms with Crippen molar-refractivity contribution in [1.82, 2.24) is 9.78 Å². The summed E-state index contributed by atoms with van der Waals surface area (Å²) < 4.78 is 1.83. The van der Waals surface area contributed by atoms with Crippen LogP contribution in [-0.4, -0.2) is 17.6 Å². The third-order valence-electron chi connectivity index (χ3n) is 1.72. The molecule has 2 radical (unpaired) electrons. The van der Waals surface area contributed by atoms with Crippen LogP contribution in [-0.2, 0) is 5.44 Å². The van der Waals surface area contributed by atoms with Gasteiger partial charge in [0.1, 0.15) is 7.85 Å². The summed E-state index contributed by atoms with van der Waals surface area (Å²) in [6.45, 7) is 0. The second-order valence-corrected chi connectivity index (χ2v) is 2.55. The number of aromatic nitrogens is 2. The lowest BCUT2D eigenvalue weighted by molar-refractivity contribution is 0.581. The number of rotatable bonds is 1. The first kappa shape index (κ1) is 5.09. The molecule has 1 fully saturated rings. The molecule has 1 saturated carbocycles. The predicted octanol–water partition coefficient (Wildman–Crippen LogP) is 0.498. The summed E-state index contributed by atoms with van der Waals surface area (Å²) in [6, 6.07) is 1.90. The fourth-order valence-electron chi connectivity index (χ4n) is 0.889. The molecule has 0 aliphatic heterocycles. The summed E-state index contributed by atoms with van der Waals surface area (Å²) in [7, 11) is 5.81. The Kier molecular flexibility index (Phi) is 0.795. The van der Waals surface area contributed by atoms with E-state index in [-0.39, 0.29) is 5.44 Å². The van der Waals surface area contributed by atoms with Gasteiger partial charge in [-0.25, -0.2) is 0 Å². The van der Waals surface area contributed by atoms with E-state index in [4.69, 9.17) is 7.85 Å². The van der Waals surface area contributed by atoms with E-state index in [1.807, 2.05) is 16.9 Å². The van der Waals surface area contributed by atoms with Crippen LogP contribution in [0.3, 0.4) is 0 Å². The van der Waals surface area contributed by atoms with Crippen LogP contribution in [0.4, 0.5) is 0 Å². The van der Waals surface area contributed by atoms with Gasteiger partial charge >= 0.3 is 0 Å². The van der Waals surface area contributed by atoms with Crippen LogP contribution in [0.2, 0.25) is 0 Å². The van der Waals surface area contributed by atoms with Crippen molar-refractivity contribution in [2.24, 2.45) is 0 Å². The molecule has 0 bridgehead atoms. The molecule has 0 N–H and O–H groups in total. The molecular weight excluding hydrogens is 111 g/mol. The maximum Gasteiger partial charge on any atom is 0.107 e. The van der Waals surface area contributed by atoms with Crippen LogP contribution >= 0.6 is 0 Å². The van der Waals surface area contributed by atoms with Gasteiger partial charge in [-0.05, 0) is 18.9 Å². The van der Waals surface area contributed by atoms with E-state index in [9.17, 15) is 0 Å². The topological polar surface area (TPSA) is 17.8 Å². The molecule has 1 aromatic heterocycles. The van der Waals surface area contributed by atoms with E-state index < -0.39 is 0 Å². The van der Waals surface area contributed by atoms with Gasteiger partial charge in [0.25, 0.3) is 0 Å². The van der Waals surface area contributed by atoms with Crippen molar-refractivity contribution in [2.75, 3.05) is 0 Å². The van der Waals surface area contributed by atoms with E-state index in [1.165, 1.54) is 0 Å². The summed E-state index contributed by atoms with van der Waals surface area (Å²) in [5.41, 5.74) is -0.122. The largest absolute Gasteiger partial charge is 0.276 e. The number of nitrogens with zero attached hydrogens (tertiary/aromatic N) is 2. The normalized spacial score (nSPS) is 21.8. The maximum absolute atomic E-state index is 5.81. The van der Waals surface area contributed by atoms with Gasteiger partial charge in [0.2, 0.25) is 0 Å². The lowest BCUT2D eigenvalue weighted by Gasteiger charge is -2.07. The molecule has 0 saturated heterocycles. The van der Waals surface area contributed by atoms with Crippen LogP contribution in [0.25, 0.3) is 0 Å². The molecule has 0 atom stereocenters. The van der Waals surface area contributed by atoms with Gasteiger partial charge in [0, 0.05) is 17.8 Å². The molecule has 9 heavy (non-hydrogen) atoms. The molecule has 1 heterocycles. The fourth-order valence-corrected chi connectivity index (χ4v) is 0.889. The van der Waals surface area contributed by atoms with E-state index >= 15 is 0 Å². The second-order valence-electron chi connectivity index (χ2n) is 2.55. The molecule has 0 amide bonds. The van der Waals surface area contributed by atoms with Gasteiger partial charge in [-0.3, -0.25) is 4.68 Å². The van der Waals surface area contributed by atoms with Gasteiger partial charge in [0.05, 0.1) is 0 Å². The molecule has 0 spiro atoms. The predicted molar refractivity (Wildman–Crippen MR) is 35.2 cm³/mol. The Morgan fingerprint density at radius 3 is 2.78 bits per heavy atom. The third-order valence-corrected chi connectivity index (χ3v) is 1.72. The summed E-state index contributed by atoms with van der Waals surface area (Å²) in [4.78, 5) is 0. The molecule has 0 aromatic carbocycles. The van der Waals surface area contributed by atoms with Crippen LogP contribution in [0, 0.1) is 0 Å². The Morgan fingerprint density at radius 2 is 2.33 bits per heavy atom. The SMILES string of the molecule is [B]C1(n2cccn2)CC1. The summed E-state index contributed by atoms with van der Waals surface area (Å²) >= 11 is 0. The van der Waals surface area contributed by atoms with Crippen molar-refractivity contribution in [2.45, 2.75) is 18.3 Å². The Balaban J connectivity index is 2.34. The van der Waals surface area contributed by atoms with Crippen molar-refractivity contribution in [3.63, 3.8) is 0 Å². The van der Waals surface area contributed by atoms with E-state index in [1.54, 1.807) is 6.20 Å². The zero-order valence-corrected chi connectivity index (χ0v) is 5.12. The third kappa shape index (κ3) is 0.678. The fraction of sp³-hybridized carbons (Fsp3) is 0.500. The molecule has 2 nitrogen and oxygen atoms in total. The highest BCUT2D eigenvalue weighted by Crippen LogP contribution is 2.38. The molecule has 2 rings (SSSR count). The van der Waals surface area contributed by atoms with Crippen molar-refractivity contribution in [3.05, 3.63) is 18.5 Å². The van der Waals surface area contributed by atoms with Gasteiger partial charge in [-0.15, -0.1) is 0 Å². The summed E-state index contributed by atoms with van der Waals surface area (Å²) in [5, 5.41) is 4.04. The van der Waals surface area contributed by atoms with Crippen LogP contribution < -0.4 is 0 Å². The highest BCUT2D eigenvalue weighted by Gasteiger charge is 2.38. The Labute approximate surface area is 55.3 Å². The van der Waals surface area contributed by atoms with Gasteiger partial charge < -0.3 is 0 Å². The van der Waals surface area contributed by atoms with Crippen LogP contribution in [0.5, 0.6) is 0 Å². The summed E-state index contributed by atoms with van der Waals surface area (Å²) in [6.07, 6.45) is 5.79. The number of hydrogen-bond donors (Lipinski definition) is 0. The van der Waals surface area contributed by atoms with E-state index in [2.05, 4.69) is 5.10 Å². The van der Waals surface area contributed by atoms with Crippen molar-refractivity contribution >= 4 is 7.85 Å². The smallest absolute Gasteiger partial charge is 0.107 e. The standard InChI is InChI=1S/C6H7BN2/c7-6(2-3-6)9-5-1-4-8-9/h1,4-5H,2-3H2. The Hall–Kier alpha value is -0.725. The second kappa shape index (κ2) is 1.41. The average Bonchev–Trinajstić information content (AvgIpc) is 2.46. The molecule has 1 aliphatic carbocycles. The molecule has 44 valence electrons. The average molecular weight is 118 g/mol. The van der Waals surface area contributed by atoms with Crippen molar-refractivity contribution < 1.29 is 0 Å². The van der Waals surface area contributed by atoms with Crippen LogP contribution in [0.1, 0.15) is 12.8 Å². The minimum absolute atomic E-state index is 0.122. The van der Waals surface area contributed by atoms with E-state index in [0.29, 0.717) is 0 Å². The van der Waals surface area contributed by atoms with Crippen molar-refractivity contribution in [3.8, 4) is 0 Å². The highest BCUT2D eigenvalue weighted by atomic mass is 15.3. The Morgan fingerprint density at radius 1 is 1.56 bits per heavy atom. The molecule has 0 unspecified atom stereocenters. The highest BCUT2D eigenvalue weighted by molar-refractivity contribution is 6.15. The monoisotopic (exact) mass is 118 g/mol. The van der Waals surface area contributed by atoms with Crippen molar-refractivity contribution in [1.29, 1.82) is 0 Å². The minimum atomic E-state index is -0.122. The lowest BCUT2D eigenvalue weighted by atomic mass is 9.94. The van der Waals surface area contributed by atoms with Gasteiger partial charge in [0.15, 0.2) is 0 Å². The van der Waals surface area contributed by atoms with E-state index in [0.717, 1.165) is 12.8 Å². The minimum Gasteiger partial charge on any atom is -0.276 e. The first-order chi connectivity index (χ1) is 4.31. The zero-order valence-electron chi connectivity index (χ0n) is 5.12. The molecule has 3 heteroatoms. The quantitative estimate of drug-likeness (QED) is 0.491. The molecule has 1 aromatic rings. The molecular formula is C6H7BN2. The zero-order chi connectivity index (χ0) is 6.32. The van der Waals surface area contributed by atoms with Crippen LogP contribution in [0.15, 0.2) is 18.5 Å². The maximum atomic E-state index is 5.81.